The van der Waals surface area contributed by atoms with Crippen molar-refractivity contribution in [3.05, 3.63) is 0 Å². The number of carbonyl (C=O) groups excluding carboxylic acids is 4. The van der Waals surface area contributed by atoms with Crippen LogP contribution in [0.15, 0.2) is 0 Å². The lowest BCUT2D eigenvalue weighted by molar-refractivity contribution is -0.161. The molecule has 19 heteroatoms. The Morgan fingerprint density at radius 2 is 0.500 bits per heavy atom. The van der Waals surface area contributed by atoms with Gasteiger partial charge in [-0.05, 0) is 49.4 Å². The average molecular weight is 1410 g/mol. The van der Waals surface area contributed by atoms with Crippen molar-refractivity contribution < 1.29 is 80.2 Å². The molecular formula is C77H150O17P2. The van der Waals surface area contributed by atoms with Gasteiger partial charge < -0.3 is 33.8 Å². The van der Waals surface area contributed by atoms with Crippen LogP contribution in [0.3, 0.4) is 0 Å². The molecule has 0 radical (unpaired) electrons. The SMILES string of the molecule is CCC(C)CCCCCCCCCCCCCCCCC(=O)OC[C@H](COP(=O)(O)OC[C@@H](O)COP(=O)(O)OC[C@@H](COC(=O)CCCCCCCCC(C)C)OC(=O)CCCCCCCCCCCCCCCC(C)C)OC(=O)CCCCCCCCCCCCC(C)C. The third kappa shape index (κ3) is 69.2. The number of rotatable bonds is 74. The Labute approximate surface area is 588 Å². The van der Waals surface area contributed by atoms with Crippen molar-refractivity contribution in [2.45, 2.75) is 408 Å². The van der Waals surface area contributed by atoms with Crippen LogP contribution >= 0.6 is 15.6 Å². The Morgan fingerprint density at radius 1 is 0.292 bits per heavy atom. The van der Waals surface area contributed by atoms with Crippen LogP contribution in [0.2, 0.25) is 0 Å². The highest BCUT2D eigenvalue weighted by atomic mass is 31.2. The molecule has 0 fully saturated rings. The Balaban J connectivity index is 5.22. The van der Waals surface area contributed by atoms with Gasteiger partial charge in [-0.2, -0.15) is 0 Å². The maximum absolute atomic E-state index is 13.1. The fourth-order valence-corrected chi connectivity index (χ4v) is 13.3. The Hall–Kier alpha value is -1.94. The van der Waals surface area contributed by atoms with Crippen LogP contribution in [0.4, 0.5) is 0 Å². The first-order valence-electron chi connectivity index (χ1n) is 39.7. The van der Waals surface area contributed by atoms with Gasteiger partial charge >= 0.3 is 39.5 Å². The normalized spacial score (nSPS) is 14.4. The van der Waals surface area contributed by atoms with E-state index < -0.39 is 97.5 Å². The molecule has 0 aromatic rings. The van der Waals surface area contributed by atoms with Gasteiger partial charge in [-0.15, -0.1) is 0 Å². The summed E-state index contributed by atoms with van der Waals surface area (Å²) in [6.07, 6.45) is 51.4. The number of aliphatic hydroxyl groups is 1. The second kappa shape index (κ2) is 66.3. The van der Waals surface area contributed by atoms with Crippen LogP contribution in [-0.2, 0) is 65.4 Å². The van der Waals surface area contributed by atoms with Gasteiger partial charge in [0.15, 0.2) is 12.2 Å². The predicted molar refractivity (Wildman–Crippen MR) is 391 cm³/mol. The number of unbranched alkanes of at least 4 members (excludes halogenated alkanes) is 39. The Kier molecular flexibility index (Phi) is 65.0. The number of carbonyl (C=O) groups is 4. The number of phosphoric ester groups is 2. The molecule has 0 aromatic carbocycles. The van der Waals surface area contributed by atoms with Crippen molar-refractivity contribution >= 4 is 39.5 Å². The third-order valence-corrected chi connectivity index (χ3v) is 20.1. The molecule has 0 amide bonds. The summed E-state index contributed by atoms with van der Waals surface area (Å²) in [5.74, 6) is 0.947. The zero-order chi connectivity index (χ0) is 71.0. The topological polar surface area (TPSA) is 237 Å². The second-order valence-electron chi connectivity index (χ2n) is 29.4. The molecule has 0 saturated heterocycles. The highest BCUT2D eigenvalue weighted by molar-refractivity contribution is 7.47. The van der Waals surface area contributed by atoms with Crippen LogP contribution in [0.25, 0.3) is 0 Å². The molecule has 0 bridgehead atoms. The highest BCUT2D eigenvalue weighted by Gasteiger charge is 2.30. The summed E-state index contributed by atoms with van der Waals surface area (Å²) in [7, 11) is -9.91. The van der Waals surface area contributed by atoms with Crippen molar-refractivity contribution in [1.29, 1.82) is 0 Å². The van der Waals surface area contributed by atoms with E-state index in [9.17, 15) is 43.2 Å². The van der Waals surface area contributed by atoms with E-state index in [1.165, 1.54) is 186 Å². The van der Waals surface area contributed by atoms with Gasteiger partial charge in [0.1, 0.15) is 19.3 Å². The molecule has 0 aromatic heterocycles. The fourth-order valence-electron chi connectivity index (χ4n) is 11.7. The maximum atomic E-state index is 13.1. The smallest absolute Gasteiger partial charge is 0.462 e. The monoisotopic (exact) mass is 1410 g/mol. The summed E-state index contributed by atoms with van der Waals surface area (Å²) in [6.45, 7) is 14.2. The maximum Gasteiger partial charge on any atom is 0.472 e. The van der Waals surface area contributed by atoms with Crippen molar-refractivity contribution in [2.75, 3.05) is 39.6 Å². The number of hydrogen-bond donors (Lipinski definition) is 3. The Morgan fingerprint density at radius 3 is 0.740 bits per heavy atom. The number of phosphoric acid groups is 2. The van der Waals surface area contributed by atoms with Crippen LogP contribution < -0.4 is 0 Å². The molecule has 0 aliphatic rings. The van der Waals surface area contributed by atoms with Gasteiger partial charge in [-0.1, -0.05) is 338 Å². The third-order valence-electron chi connectivity index (χ3n) is 18.2. The molecule has 0 spiro atoms. The van der Waals surface area contributed by atoms with Crippen molar-refractivity contribution in [3.63, 3.8) is 0 Å². The van der Waals surface area contributed by atoms with Gasteiger partial charge in [0, 0.05) is 25.7 Å². The summed E-state index contributed by atoms with van der Waals surface area (Å²) < 4.78 is 68.5. The lowest BCUT2D eigenvalue weighted by Gasteiger charge is -2.21. The summed E-state index contributed by atoms with van der Waals surface area (Å²) in [4.78, 5) is 72.8. The van der Waals surface area contributed by atoms with E-state index in [2.05, 4.69) is 55.4 Å². The number of esters is 4. The number of ether oxygens (including phenoxy) is 4. The second-order valence-corrected chi connectivity index (χ2v) is 32.3. The van der Waals surface area contributed by atoms with Crippen molar-refractivity contribution in [2.24, 2.45) is 23.7 Å². The van der Waals surface area contributed by atoms with E-state index in [1.54, 1.807) is 0 Å². The molecule has 0 heterocycles. The first-order chi connectivity index (χ1) is 46.1. The minimum atomic E-state index is -4.96. The molecule has 3 unspecified atom stereocenters. The van der Waals surface area contributed by atoms with Gasteiger partial charge in [0.25, 0.3) is 0 Å². The molecule has 0 aliphatic heterocycles. The quantitative estimate of drug-likeness (QED) is 0.0222. The molecule has 17 nitrogen and oxygen atoms in total. The fraction of sp³-hybridized carbons (Fsp3) is 0.948. The first-order valence-corrected chi connectivity index (χ1v) is 42.7. The number of hydrogen-bond acceptors (Lipinski definition) is 15. The van der Waals surface area contributed by atoms with E-state index in [0.29, 0.717) is 31.6 Å². The standard InChI is InChI=1S/C77H150O17P2/c1-9-70(8)56-48-40-31-25-18-14-10-11-15-19-26-32-41-49-57-74(79)87-63-72(93-77(82)60-52-44-34-28-22-21-24-30-38-46-54-68(4)5)65-91-95(83,84)89-61-71(78)62-90-96(85,86)92-66-73(64-88-75(80)58-50-42-36-35-39-47-55-69(6)7)94-76(81)59-51-43-33-27-20-16-12-13-17-23-29-37-45-53-67(2)3/h67-73,78H,9-66H2,1-8H3,(H,83,84)(H,85,86)/t70?,71-,72-,73-/m1/s1. The zero-order valence-corrected chi connectivity index (χ0v) is 64.8. The molecule has 0 saturated carbocycles. The largest absolute Gasteiger partial charge is 0.472 e. The Bertz CT molecular complexity index is 1890. The van der Waals surface area contributed by atoms with Gasteiger partial charge in [-0.3, -0.25) is 37.3 Å². The average Bonchev–Trinajstić information content (AvgIpc) is 1.32. The van der Waals surface area contributed by atoms with Crippen molar-refractivity contribution in [1.82, 2.24) is 0 Å². The number of aliphatic hydroxyl groups excluding tert-OH is 1. The van der Waals surface area contributed by atoms with Crippen molar-refractivity contribution in [3.8, 4) is 0 Å². The van der Waals surface area contributed by atoms with Gasteiger partial charge in [0.05, 0.1) is 26.4 Å². The summed E-state index contributed by atoms with van der Waals surface area (Å²) in [5, 5.41) is 10.6. The first kappa shape index (κ1) is 94.1. The highest BCUT2D eigenvalue weighted by Crippen LogP contribution is 2.45. The summed E-state index contributed by atoms with van der Waals surface area (Å²) >= 11 is 0. The van der Waals surface area contributed by atoms with E-state index in [-0.39, 0.29) is 25.7 Å². The molecule has 570 valence electrons. The van der Waals surface area contributed by atoms with E-state index >= 15 is 0 Å². The minimum absolute atomic E-state index is 0.106. The molecule has 6 atom stereocenters. The van der Waals surface area contributed by atoms with Gasteiger partial charge in [0.2, 0.25) is 0 Å². The molecular weight excluding hydrogens is 1260 g/mol. The minimum Gasteiger partial charge on any atom is -0.462 e. The predicted octanol–water partition coefficient (Wildman–Crippen LogP) is 22.4. The summed E-state index contributed by atoms with van der Waals surface area (Å²) in [5.41, 5.74) is 0. The van der Waals surface area contributed by atoms with E-state index in [1.807, 2.05) is 0 Å². The van der Waals surface area contributed by atoms with Crippen LogP contribution in [-0.4, -0.2) is 96.7 Å². The van der Waals surface area contributed by atoms with Crippen LogP contribution in [0, 0.1) is 23.7 Å². The van der Waals surface area contributed by atoms with Crippen LogP contribution in [0.5, 0.6) is 0 Å². The molecule has 3 N–H and O–H groups in total. The lowest BCUT2D eigenvalue weighted by Crippen LogP contribution is -2.30. The molecule has 0 aliphatic carbocycles. The lowest BCUT2D eigenvalue weighted by atomic mass is 9.99. The van der Waals surface area contributed by atoms with Gasteiger partial charge in [-0.25, -0.2) is 9.13 Å². The van der Waals surface area contributed by atoms with E-state index in [0.717, 1.165) is 114 Å². The summed E-state index contributed by atoms with van der Waals surface area (Å²) in [6, 6.07) is 0. The zero-order valence-electron chi connectivity index (χ0n) is 63.0. The van der Waals surface area contributed by atoms with Crippen LogP contribution in [0.1, 0.15) is 389 Å². The van der Waals surface area contributed by atoms with E-state index in [4.69, 9.17) is 37.0 Å². The molecule has 0 rings (SSSR count). The molecule has 96 heavy (non-hydrogen) atoms.